The third-order valence-corrected chi connectivity index (χ3v) is 4.26. The Morgan fingerprint density at radius 1 is 1.38 bits per heavy atom. The number of fused-ring (bicyclic) bond motifs is 1. The van der Waals surface area contributed by atoms with Crippen molar-refractivity contribution in [2.45, 2.75) is 6.54 Å². The number of halogens is 1. The lowest BCUT2D eigenvalue weighted by Gasteiger charge is -2.03. The highest BCUT2D eigenvalue weighted by atomic mass is 32.1. The van der Waals surface area contributed by atoms with Crippen molar-refractivity contribution in [3.8, 4) is 5.69 Å². The number of hydrogen-bond acceptors (Lipinski definition) is 6. The number of aromatic nitrogens is 6. The summed E-state index contributed by atoms with van der Waals surface area (Å²) in [6, 6.07) is 6.06. The van der Waals surface area contributed by atoms with Crippen molar-refractivity contribution in [3.63, 3.8) is 0 Å². The topological polar surface area (TPSA) is 101 Å². The van der Waals surface area contributed by atoms with Crippen LogP contribution >= 0.6 is 11.3 Å². The summed E-state index contributed by atoms with van der Waals surface area (Å²) in [5, 5.41) is 15.5. The van der Waals surface area contributed by atoms with Crippen LogP contribution in [0.4, 0.5) is 4.39 Å². The van der Waals surface area contributed by atoms with Crippen LogP contribution in [0.3, 0.4) is 0 Å². The van der Waals surface area contributed by atoms with Crippen molar-refractivity contribution >= 4 is 28.3 Å². The predicted molar refractivity (Wildman–Crippen MR) is 84.3 cm³/mol. The third kappa shape index (κ3) is 2.63. The SMILES string of the molecule is O=C(NCc1nc2ccc(F)cc2[nH]1)c1sccc1-n1cnnn1. The zero-order valence-corrected chi connectivity index (χ0v) is 12.9. The van der Waals surface area contributed by atoms with Gasteiger partial charge in [-0.2, -0.15) is 4.68 Å². The number of carbonyl (C=O) groups excluding carboxylic acids is 1. The van der Waals surface area contributed by atoms with Crippen molar-refractivity contribution in [3.05, 3.63) is 52.5 Å². The minimum absolute atomic E-state index is 0.197. The largest absolute Gasteiger partial charge is 0.344 e. The number of amides is 1. The molecule has 10 heteroatoms. The van der Waals surface area contributed by atoms with E-state index in [1.165, 1.54) is 34.5 Å². The van der Waals surface area contributed by atoms with Gasteiger partial charge in [0.05, 0.1) is 23.3 Å². The van der Waals surface area contributed by atoms with Crippen LogP contribution in [0.2, 0.25) is 0 Å². The Labute approximate surface area is 138 Å². The number of aromatic amines is 1. The molecule has 0 aliphatic rings. The van der Waals surface area contributed by atoms with Crippen LogP contribution in [0, 0.1) is 5.82 Å². The second-order valence-corrected chi connectivity index (χ2v) is 5.83. The molecule has 0 aliphatic heterocycles. The van der Waals surface area contributed by atoms with Crippen molar-refractivity contribution in [1.29, 1.82) is 0 Å². The Morgan fingerprint density at radius 3 is 3.12 bits per heavy atom. The molecule has 4 rings (SSSR count). The molecular formula is C14H10FN7OS. The Hall–Kier alpha value is -3.14. The molecule has 0 spiro atoms. The van der Waals surface area contributed by atoms with Crippen molar-refractivity contribution < 1.29 is 9.18 Å². The smallest absolute Gasteiger partial charge is 0.263 e. The fraction of sp³-hybridized carbons (Fsp3) is 0.0714. The highest BCUT2D eigenvalue weighted by molar-refractivity contribution is 7.12. The van der Waals surface area contributed by atoms with E-state index in [9.17, 15) is 9.18 Å². The first-order valence-corrected chi connectivity index (χ1v) is 7.82. The zero-order chi connectivity index (χ0) is 16.5. The zero-order valence-electron chi connectivity index (χ0n) is 12.1. The summed E-state index contributed by atoms with van der Waals surface area (Å²) in [7, 11) is 0. The van der Waals surface area contributed by atoms with Gasteiger partial charge in [-0.05, 0) is 40.1 Å². The van der Waals surface area contributed by atoms with Gasteiger partial charge in [0.2, 0.25) is 0 Å². The number of tetrazole rings is 1. The molecule has 3 aromatic heterocycles. The first-order valence-electron chi connectivity index (χ1n) is 6.94. The molecule has 0 saturated carbocycles. The molecule has 1 aromatic carbocycles. The lowest BCUT2D eigenvalue weighted by molar-refractivity contribution is 0.0954. The molecule has 3 heterocycles. The maximum absolute atomic E-state index is 13.2. The molecular weight excluding hydrogens is 333 g/mol. The second kappa shape index (κ2) is 5.81. The van der Waals surface area contributed by atoms with Gasteiger partial charge in [-0.15, -0.1) is 16.4 Å². The summed E-state index contributed by atoms with van der Waals surface area (Å²) < 4.78 is 14.6. The second-order valence-electron chi connectivity index (χ2n) is 4.92. The van der Waals surface area contributed by atoms with Crippen molar-refractivity contribution in [2.75, 3.05) is 0 Å². The van der Waals surface area contributed by atoms with Gasteiger partial charge in [0.15, 0.2) is 0 Å². The van der Waals surface area contributed by atoms with E-state index in [0.29, 0.717) is 27.4 Å². The van der Waals surface area contributed by atoms with E-state index >= 15 is 0 Å². The van der Waals surface area contributed by atoms with E-state index in [0.717, 1.165) is 0 Å². The number of benzene rings is 1. The molecule has 120 valence electrons. The van der Waals surface area contributed by atoms with Gasteiger partial charge in [-0.25, -0.2) is 9.37 Å². The monoisotopic (exact) mass is 343 g/mol. The van der Waals surface area contributed by atoms with E-state index < -0.39 is 0 Å². The Kier molecular flexibility index (Phi) is 3.50. The minimum atomic E-state index is -0.341. The Balaban J connectivity index is 1.51. The average molecular weight is 343 g/mol. The highest BCUT2D eigenvalue weighted by Crippen LogP contribution is 2.20. The maximum atomic E-state index is 13.2. The van der Waals surface area contributed by atoms with Gasteiger partial charge >= 0.3 is 0 Å². The molecule has 0 radical (unpaired) electrons. The number of thiophene rings is 1. The number of hydrogen-bond donors (Lipinski definition) is 2. The molecule has 1 amide bonds. The fourth-order valence-corrected chi connectivity index (χ4v) is 3.08. The molecule has 2 N–H and O–H groups in total. The van der Waals surface area contributed by atoms with Gasteiger partial charge in [-0.1, -0.05) is 0 Å². The number of H-pyrrole nitrogens is 1. The third-order valence-electron chi connectivity index (χ3n) is 3.36. The van der Waals surface area contributed by atoms with E-state index in [4.69, 9.17) is 0 Å². The molecule has 24 heavy (non-hydrogen) atoms. The highest BCUT2D eigenvalue weighted by Gasteiger charge is 2.16. The first kappa shape index (κ1) is 14.5. The summed E-state index contributed by atoms with van der Waals surface area (Å²) in [5.74, 6) is -0.0574. The van der Waals surface area contributed by atoms with Crippen LogP contribution in [-0.2, 0) is 6.54 Å². The molecule has 0 aliphatic carbocycles. The molecule has 8 nitrogen and oxygen atoms in total. The molecule has 0 bridgehead atoms. The summed E-state index contributed by atoms with van der Waals surface area (Å²) in [6.07, 6.45) is 1.42. The molecule has 0 unspecified atom stereocenters. The number of imidazole rings is 1. The van der Waals surface area contributed by atoms with Crippen LogP contribution in [0.15, 0.2) is 36.0 Å². The molecule has 4 aromatic rings. The summed E-state index contributed by atoms with van der Waals surface area (Å²) in [5.41, 5.74) is 1.84. The van der Waals surface area contributed by atoms with E-state index in [2.05, 4.69) is 30.8 Å². The van der Waals surface area contributed by atoms with Gasteiger partial charge in [0.25, 0.3) is 5.91 Å². The summed E-state index contributed by atoms with van der Waals surface area (Å²) >= 11 is 1.29. The number of carbonyl (C=O) groups is 1. The van der Waals surface area contributed by atoms with Crippen molar-refractivity contribution in [2.24, 2.45) is 0 Å². The Bertz CT molecular complexity index is 1010. The van der Waals surface area contributed by atoms with Crippen LogP contribution in [0.25, 0.3) is 16.7 Å². The molecule has 0 atom stereocenters. The molecule has 0 fully saturated rings. The maximum Gasteiger partial charge on any atom is 0.263 e. The normalized spacial score (nSPS) is 11.0. The van der Waals surface area contributed by atoms with E-state index in [1.807, 2.05) is 0 Å². The summed E-state index contributed by atoms with van der Waals surface area (Å²) in [6.45, 7) is 0.197. The van der Waals surface area contributed by atoms with Crippen LogP contribution in [0.1, 0.15) is 15.5 Å². The minimum Gasteiger partial charge on any atom is -0.344 e. The lowest BCUT2D eigenvalue weighted by atomic mass is 10.3. The van der Waals surface area contributed by atoms with Crippen LogP contribution < -0.4 is 5.32 Å². The number of rotatable bonds is 4. The number of nitrogens with zero attached hydrogens (tertiary/aromatic N) is 5. The van der Waals surface area contributed by atoms with Gasteiger partial charge in [0.1, 0.15) is 22.8 Å². The predicted octanol–water partition coefficient (Wildman–Crippen LogP) is 1.67. The quantitative estimate of drug-likeness (QED) is 0.587. The lowest BCUT2D eigenvalue weighted by Crippen LogP contribution is -2.23. The Morgan fingerprint density at radius 2 is 2.29 bits per heavy atom. The van der Waals surface area contributed by atoms with Crippen LogP contribution in [0.5, 0.6) is 0 Å². The standard InChI is InChI=1S/C14H10FN7OS/c15-8-1-2-9-10(5-8)19-12(18-9)6-16-14(23)13-11(3-4-24-13)22-7-17-20-21-22/h1-5,7H,6H2,(H,16,23)(H,18,19). The van der Waals surface area contributed by atoms with Gasteiger partial charge < -0.3 is 10.3 Å². The fourth-order valence-electron chi connectivity index (χ4n) is 2.29. The van der Waals surface area contributed by atoms with Crippen molar-refractivity contribution in [1.82, 2.24) is 35.5 Å². The average Bonchev–Trinajstić information content (AvgIpc) is 3.30. The van der Waals surface area contributed by atoms with E-state index in [1.54, 1.807) is 17.5 Å². The molecule has 0 saturated heterocycles. The summed E-state index contributed by atoms with van der Waals surface area (Å²) in [4.78, 5) is 20.2. The van der Waals surface area contributed by atoms with Gasteiger partial charge in [-0.3, -0.25) is 4.79 Å². The number of nitrogens with one attached hydrogen (secondary N) is 2. The van der Waals surface area contributed by atoms with Gasteiger partial charge in [0, 0.05) is 0 Å². The first-order chi connectivity index (χ1) is 11.7. The van der Waals surface area contributed by atoms with E-state index in [-0.39, 0.29) is 18.3 Å². The van der Waals surface area contributed by atoms with Crippen LogP contribution in [-0.4, -0.2) is 36.1 Å².